The van der Waals surface area contributed by atoms with Crippen molar-refractivity contribution in [1.82, 2.24) is 5.32 Å². The number of carbonyl (C=O) groups is 2. The van der Waals surface area contributed by atoms with E-state index >= 15 is 0 Å². The van der Waals surface area contributed by atoms with Crippen LogP contribution in [0.5, 0.6) is 0 Å². The number of aliphatic carboxylic acids is 1. The number of rotatable bonds is 4. The number of carboxylic acids is 1. The Labute approximate surface area is 183 Å². The molecule has 0 saturated heterocycles. The molecule has 3 rings (SSSR count). The molecule has 2 aliphatic rings. The van der Waals surface area contributed by atoms with Gasteiger partial charge < -0.3 is 15.7 Å². The quantitative estimate of drug-likeness (QED) is 0.604. The summed E-state index contributed by atoms with van der Waals surface area (Å²) in [5.74, 6) is -0.402. The fourth-order valence-corrected chi connectivity index (χ4v) is 4.17. The van der Waals surface area contributed by atoms with Gasteiger partial charge in [-0.05, 0) is 70.3 Å². The lowest BCUT2D eigenvalue weighted by atomic mass is 9.78. The molecular formula is C23H33N3O3S. The number of hydrogen-bond acceptors (Lipinski definition) is 6. The number of aldehydes is 1. The Morgan fingerprint density at radius 1 is 1.23 bits per heavy atom. The van der Waals surface area contributed by atoms with Crippen molar-refractivity contribution in [3.05, 3.63) is 40.4 Å². The van der Waals surface area contributed by atoms with E-state index in [0.29, 0.717) is 16.9 Å². The zero-order chi connectivity index (χ0) is 22.5. The number of aliphatic imine (C=N–C) groups is 1. The molecule has 0 amide bonds. The van der Waals surface area contributed by atoms with E-state index in [4.69, 9.17) is 0 Å². The topological polar surface area (TPSA) is 90.8 Å². The number of fused-ring (bicyclic) bond motifs is 1. The highest BCUT2D eigenvalue weighted by Gasteiger charge is 2.36. The van der Waals surface area contributed by atoms with Crippen molar-refractivity contribution in [3.63, 3.8) is 0 Å². The summed E-state index contributed by atoms with van der Waals surface area (Å²) in [6.45, 7) is 10.7. The number of anilines is 1. The molecule has 1 atom stereocenters. The maximum Gasteiger partial charge on any atom is 0.329 e. The van der Waals surface area contributed by atoms with Crippen LogP contribution in [0.15, 0.2) is 39.9 Å². The van der Waals surface area contributed by atoms with Gasteiger partial charge in [0.15, 0.2) is 6.04 Å². The van der Waals surface area contributed by atoms with Crippen LogP contribution in [0.1, 0.15) is 57.8 Å². The molecule has 6 nitrogen and oxygen atoms in total. The molecular weight excluding hydrogens is 398 g/mol. The normalized spacial score (nSPS) is 20.3. The zero-order valence-electron chi connectivity index (χ0n) is 18.7. The largest absolute Gasteiger partial charge is 0.480 e. The molecule has 1 aliphatic heterocycles. The molecule has 0 bridgehead atoms. The molecule has 1 heterocycles. The van der Waals surface area contributed by atoms with Gasteiger partial charge in [-0.3, -0.25) is 9.79 Å². The van der Waals surface area contributed by atoms with Crippen LogP contribution in [0, 0.1) is 5.41 Å². The molecule has 30 heavy (non-hydrogen) atoms. The fourth-order valence-electron chi connectivity index (χ4n) is 3.04. The molecule has 0 fully saturated rings. The van der Waals surface area contributed by atoms with E-state index < -0.39 is 12.0 Å². The maximum atomic E-state index is 11.2. The van der Waals surface area contributed by atoms with Gasteiger partial charge in [0, 0.05) is 33.1 Å². The van der Waals surface area contributed by atoms with E-state index in [-0.39, 0.29) is 5.41 Å². The summed E-state index contributed by atoms with van der Waals surface area (Å²) in [6, 6.07) is 6.65. The van der Waals surface area contributed by atoms with Crippen LogP contribution < -0.4 is 10.6 Å². The van der Waals surface area contributed by atoms with Gasteiger partial charge in [0.2, 0.25) is 0 Å². The number of allylic oxidation sites excluding steroid dienone is 2. The van der Waals surface area contributed by atoms with E-state index in [2.05, 4.69) is 50.2 Å². The predicted molar refractivity (Wildman–Crippen MR) is 126 cm³/mol. The number of carbonyl (C=O) groups excluding carboxylic acids is 1. The number of thioether (sulfide) groups is 1. The minimum atomic E-state index is -0.864. The first-order chi connectivity index (χ1) is 13.9. The Bertz CT molecular complexity index is 836. The minimum Gasteiger partial charge on any atom is -0.480 e. The van der Waals surface area contributed by atoms with Crippen molar-refractivity contribution >= 4 is 35.4 Å². The van der Waals surface area contributed by atoms with Crippen LogP contribution in [-0.2, 0) is 4.79 Å². The van der Waals surface area contributed by atoms with Crippen LogP contribution in [0.4, 0.5) is 5.69 Å². The third-order valence-corrected chi connectivity index (χ3v) is 6.16. The van der Waals surface area contributed by atoms with Crippen molar-refractivity contribution in [3.8, 4) is 0 Å². The van der Waals surface area contributed by atoms with Gasteiger partial charge in [0.1, 0.15) is 6.29 Å². The van der Waals surface area contributed by atoms with Crippen LogP contribution in [0.3, 0.4) is 0 Å². The van der Waals surface area contributed by atoms with Gasteiger partial charge in [-0.15, -0.1) is 11.8 Å². The third kappa shape index (κ3) is 6.99. The Morgan fingerprint density at radius 3 is 2.33 bits per heavy atom. The molecule has 3 N–H and O–H groups in total. The molecule has 0 saturated carbocycles. The van der Waals surface area contributed by atoms with Gasteiger partial charge in [-0.2, -0.15) is 0 Å². The van der Waals surface area contributed by atoms with Crippen molar-refractivity contribution in [2.45, 2.75) is 59.0 Å². The SMILES string of the molecule is CC1(C)CC2=NC(C(=O)O)CSC2=C(Nc2ccc(C=O)cc2)C1.CNC(C)(C)C. The molecule has 1 aromatic carbocycles. The van der Waals surface area contributed by atoms with Crippen molar-refractivity contribution in [2.75, 3.05) is 18.1 Å². The number of nitrogens with one attached hydrogen (secondary N) is 2. The first-order valence-corrected chi connectivity index (χ1v) is 11.1. The second kappa shape index (κ2) is 9.79. The van der Waals surface area contributed by atoms with Crippen LogP contribution in [0.2, 0.25) is 0 Å². The average Bonchev–Trinajstić information content (AvgIpc) is 2.67. The second-order valence-electron chi connectivity index (χ2n) is 9.43. The van der Waals surface area contributed by atoms with Gasteiger partial charge in [-0.1, -0.05) is 13.8 Å². The first-order valence-electron chi connectivity index (χ1n) is 10.1. The Morgan fingerprint density at radius 2 is 1.83 bits per heavy atom. The smallest absolute Gasteiger partial charge is 0.329 e. The van der Waals surface area contributed by atoms with E-state index in [9.17, 15) is 14.7 Å². The molecule has 0 spiro atoms. The van der Waals surface area contributed by atoms with Crippen LogP contribution >= 0.6 is 11.8 Å². The first kappa shape index (κ1) is 24.2. The van der Waals surface area contributed by atoms with E-state index in [1.807, 2.05) is 19.2 Å². The molecule has 1 aliphatic carbocycles. The summed E-state index contributed by atoms with van der Waals surface area (Å²) < 4.78 is 0. The zero-order valence-corrected chi connectivity index (χ0v) is 19.5. The van der Waals surface area contributed by atoms with Gasteiger partial charge >= 0.3 is 5.97 Å². The molecule has 1 aromatic rings. The summed E-state index contributed by atoms with van der Waals surface area (Å²) in [4.78, 5) is 27.6. The van der Waals surface area contributed by atoms with E-state index in [0.717, 1.165) is 41.1 Å². The second-order valence-corrected chi connectivity index (χ2v) is 10.5. The monoisotopic (exact) mass is 431 g/mol. The van der Waals surface area contributed by atoms with Crippen LogP contribution in [-0.4, -0.2) is 47.5 Å². The lowest BCUT2D eigenvalue weighted by Crippen LogP contribution is -2.34. The number of hydrogen-bond donors (Lipinski definition) is 3. The Balaban J connectivity index is 0.000000469. The molecule has 0 radical (unpaired) electrons. The van der Waals surface area contributed by atoms with Crippen molar-refractivity contribution < 1.29 is 14.7 Å². The third-order valence-electron chi connectivity index (χ3n) is 4.91. The summed E-state index contributed by atoms with van der Waals surface area (Å²) in [5.41, 5.74) is 3.84. The highest BCUT2D eigenvalue weighted by molar-refractivity contribution is 8.04. The highest BCUT2D eigenvalue weighted by Crippen LogP contribution is 2.43. The molecule has 1 unspecified atom stereocenters. The van der Waals surface area contributed by atoms with Crippen LogP contribution in [0.25, 0.3) is 0 Å². The standard InChI is InChI=1S/C18H20N2O3S.C5H13N/c1-18(2)7-13(19-12-5-3-11(9-21)4-6-12)16-14(8-18)20-15(10-24-16)17(22)23;1-5(2,3)6-4/h3-6,9,15,19H,7-8,10H2,1-2H3,(H,22,23);6H,1-4H3. The summed E-state index contributed by atoms with van der Waals surface area (Å²) in [5, 5.41) is 15.8. The molecule has 0 aromatic heterocycles. The van der Waals surface area contributed by atoms with Gasteiger partial charge in [0.25, 0.3) is 0 Å². The average molecular weight is 432 g/mol. The summed E-state index contributed by atoms with van der Waals surface area (Å²) >= 11 is 1.57. The van der Waals surface area contributed by atoms with Gasteiger partial charge in [0.05, 0.1) is 5.71 Å². The maximum absolute atomic E-state index is 11.2. The lowest BCUT2D eigenvalue weighted by Gasteiger charge is -2.36. The van der Waals surface area contributed by atoms with Gasteiger partial charge in [-0.25, -0.2) is 4.79 Å². The Kier molecular flexibility index (Phi) is 7.88. The highest BCUT2D eigenvalue weighted by atomic mass is 32.2. The number of nitrogens with zero attached hydrogens (tertiary/aromatic N) is 1. The van der Waals surface area contributed by atoms with Crippen molar-refractivity contribution in [2.24, 2.45) is 10.4 Å². The summed E-state index contributed by atoms with van der Waals surface area (Å²) in [7, 11) is 1.96. The number of carboxylic acid groups (broad SMARTS) is 1. The summed E-state index contributed by atoms with van der Waals surface area (Å²) in [6.07, 6.45) is 2.49. The predicted octanol–water partition coefficient (Wildman–Crippen LogP) is 4.59. The number of benzene rings is 1. The van der Waals surface area contributed by atoms with E-state index in [1.54, 1.807) is 23.9 Å². The minimum absolute atomic E-state index is 0.0222. The van der Waals surface area contributed by atoms with E-state index in [1.165, 1.54) is 0 Å². The molecule has 7 heteroatoms. The Hall–Kier alpha value is -2.12. The lowest BCUT2D eigenvalue weighted by molar-refractivity contribution is -0.137. The fraction of sp³-hybridized carbons (Fsp3) is 0.522. The molecule has 164 valence electrons. The van der Waals surface area contributed by atoms with Crippen molar-refractivity contribution in [1.29, 1.82) is 0 Å².